The van der Waals surface area contributed by atoms with Gasteiger partial charge in [0, 0.05) is 36.3 Å². The summed E-state index contributed by atoms with van der Waals surface area (Å²) in [6.45, 7) is 8.68. The molecule has 224 valence electrons. The molecule has 4 aromatic rings. The molecule has 0 radical (unpaired) electrons. The van der Waals surface area contributed by atoms with Crippen LogP contribution in [0.1, 0.15) is 59.3 Å². The summed E-state index contributed by atoms with van der Waals surface area (Å²) in [7, 11) is 0. The van der Waals surface area contributed by atoms with Crippen molar-refractivity contribution in [1.29, 1.82) is 0 Å². The topological polar surface area (TPSA) is 87.4 Å². The predicted molar refractivity (Wildman–Crippen MR) is 172 cm³/mol. The first-order chi connectivity index (χ1) is 20.4. The quantitative estimate of drug-likeness (QED) is 0.188. The molecule has 0 saturated carbocycles. The Bertz CT molecular complexity index is 1580. The highest BCUT2D eigenvalue weighted by molar-refractivity contribution is 5.85. The minimum absolute atomic E-state index is 0. The van der Waals surface area contributed by atoms with Crippen molar-refractivity contribution in [2.45, 2.75) is 51.6 Å². The minimum Gasteiger partial charge on any atom is -0.504 e. The van der Waals surface area contributed by atoms with Gasteiger partial charge in [-0.1, -0.05) is 62.4 Å². The van der Waals surface area contributed by atoms with Crippen molar-refractivity contribution < 1.29 is 20.4 Å². The molecule has 0 amide bonds. The van der Waals surface area contributed by atoms with Gasteiger partial charge in [0.15, 0.2) is 23.0 Å². The number of nitrogens with zero attached hydrogens (tertiary/aromatic N) is 2. The maximum Gasteiger partial charge on any atom is 0.165 e. The van der Waals surface area contributed by atoms with Gasteiger partial charge < -0.3 is 20.4 Å². The smallest absolute Gasteiger partial charge is 0.165 e. The van der Waals surface area contributed by atoms with Crippen LogP contribution in [0.3, 0.4) is 0 Å². The van der Waals surface area contributed by atoms with Crippen LogP contribution in [0, 0.1) is 0 Å². The standard InChI is InChI=1S/2C18H19NO2.ClH/c2*1-2-19-9-8-11-4-3-5-13-16(11)14(19)10-12-6-7-15(20)18(21)17(12)13;/h2*3-7,14,20-21H,2,8-10H2,1H3;1H/t2*14-;/m11./s1. The van der Waals surface area contributed by atoms with Crippen molar-refractivity contribution in [1.82, 2.24) is 9.80 Å². The molecule has 0 unspecified atom stereocenters. The van der Waals surface area contributed by atoms with E-state index in [0.29, 0.717) is 12.1 Å². The second-order valence-corrected chi connectivity index (χ2v) is 11.9. The maximum absolute atomic E-state index is 10.3. The second-order valence-electron chi connectivity index (χ2n) is 11.9. The van der Waals surface area contributed by atoms with Crippen LogP contribution in [0.15, 0.2) is 60.7 Å². The van der Waals surface area contributed by atoms with Gasteiger partial charge >= 0.3 is 0 Å². The number of rotatable bonds is 2. The van der Waals surface area contributed by atoms with Gasteiger partial charge in [-0.15, -0.1) is 12.4 Å². The van der Waals surface area contributed by atoms with E-state index in [1.807, 2.05) is 12.1 Å². The first-order valence-corrected chi connectivity index (χ1v) is 15.2. The monoisotopic (exact) mass is 598 g/mol. The van der Waals surface area contributed by atoms with E-state index in [9.17, 15) is 20.4 Å². The van der Waals surface area contributed by atoms with E-state index in [4.69, 9.17) is 0 Å². The van der Waals surface area contributed by atoms with Gasteiger partial charge in [0.25, 0.3) is 0 Å². The Labute approximate surface area is 259 Å². The fourth-order valence-corrected chi connectivity index (χ4v) is 7.91. The first-order valence-electron chi connectivity index (χ1n) is 15.2. The third-order valence-corrected chi connectivity index (χ3v) is 9.94. The van der Waals surface area contributed by atoms with Gasteiger partial charge in [-0.25, -0.2) is 0 Å². The van der Waals surface area contributed by atoms with E-state index in [0.717, 1.165) is 85.2 Å². The van der Waals surface area contributed by atoms with Crippen molar-refractivity contribution in [3.05, 3.63) is 94.0 Å². The Balaban J connectivity index is 0.000000150. The van der Waals surface area contributed by atoms with Crippen molar-refractivity contribution in [2.75, 3.05) is 26.2 Å². The van der Waals surface area contributed by atoms with Crippen molar-refractivity contribution in [3.63, 3.8) is 0 Å². The predicted octanol–water partition coefficient (Wildman–Crippen LogP) is 6.90. The zero-order valence-electron chi connectivity index (χ0n) is 24.7. The third kappa shape index (κ3) is 4.64. The average Bonchev–Trinajstić information content (AvgIpc) is 3.01. The van der Waals surface area contributed by atoms with Gasteiger partial charge in [-0.2, -0.15) is 0 Å². The highest BCUT2D eigenvalue weighted by atomic mass is 35.5. The van der Waals surface area contributed by atoms with Crippen molar-refractivity contribution in [3.8, 4) is 45.3 Å². The molecule has 4 aliphatic rings. The van der Waals surface area contributed by atoms with E-state index in [-0.39, 0.29) is 35.4 Å². The number of hydrogen-bond acceptors (Lipinski definition) is 6. The van der Waals surface area contributed by atoms with E-state index < -0.39 is 0 Å². The molecule has 0 aromatic heterocycles. The molecule has 0 saturated heterocycles. The molecular weight excluding hydrogens is 560 g/mol. The molecule has 8 rings (SSSR count). The molecule has 0 spiro atoms. The number of likely N-dealkylation sites (N-methyl/N-ethyl adjacent to an activating group) is 2. The summed E-state index contributed by atoms with van der Waals surface area (Å²) in [6.07, 6.45) is 3.92. The first kappa shape index (κ1) is 29.4. The zero-order valence-corrected chi connectivity index (χ0v) is 25.5. The van der Waals surface area contributed by atoms with E-state index in [2.05, 4.69) is 60.0 Å². The number of halogens is 1. The van der Waals surface area contributed by atoms with Gasteiger partial charge in [0.05, 0.1) is 0 Å². The lowest BCUT2D eigenvalue weighted by Crippen LogP contribution is -2.38. The summed E-state index contributed by atoms with van der Waals surface area (Å²) in [5.74, 6) is -0.0261. The Kier molecular flexibility index (Phi) is 7.80. The number of hydrogen-bond donors (Lipinski definition) is 4. The maximum atomic E-state index is 10.3. The Morgan fingerprint density at radius 2 is 1.00 bits per heavy atom. The van der Waals surface area contributed by atoms with Crippen LogP contribution in [0.2, 0.25) is 0 Å². The molecule has 2 heterocycles. The highest BCUT2D eigenvalue weighted by Crippen LogP contribution is 2.51. The molecule has 0 fully saturated rings. The zero-order chi connectivity index (χ0) is 29.1. The fourth-order valence-electron chi connectivity index (χ4n) is 7.91. The lowest BCUT2D eigenvalue weighted by molar-refractivity contribution is 0.192. The summed E-state index contributed by atoms with van der Waals surface area (Å²) in [5, 5.41) is 40.3. The molecule has 2 atom stereocenters. The molecule has 7 heteroatoms. The van der Waals surface area contributed by atoms with Crippen LogP contribution < -0.4 is 0 Å². The molecular formula is C36H39ClN2O4. The lowest BCUT2D eigenvalue weighted by atomic mass is 9.77. The van der Waals surface area contributed by atoms with E-state index in [1.165, 1.54) is 22.3 Å². The second kappa shape index (κ2) is 11.4. The summed E-state index contributed by atoms with van der Waals surface area (Å²) < 4.78 is 0. The summed E-state index contributed by atoms with van der Waals surface area (Å²) in [5.41, 5.74) is 11.5. The van der Waals surface area contributed by atoms with Crippen LogP contribution in [0.5, 0.6) is 23.0 Å². The number of phenolic OH excluding ortho intramolecular Hbond substituents is 4. The van der Waals surface area contributed by atoms with Crippen LogP contribution in [0.25, 0.3) is 22.3 Å². The van der Waals surface area contributed by atoms with Gasteiger partial charge in [0.1, 0.15) is 0 Å². The molecule has 2 aliphatic heterocycles. The van der Waals surface area contributed by atoms with Crippen molar-refractivity contribution in [2.24, 2.45) is 0 Å². The highest BCUT2D eigenvalue weighted by Gasteiger charge is 2.36. The van der Waals surface area contributed by atoms with Gasteiger partial charge in [-0.3, -0.25) is 9.80 Å². The van der Waals surface area contributed by atoms with Crippen molar-refractivity contribution >= 4 is 12.4 Å². The number of fused-ring (bicyclic) bond motifs is 4. The summed E-state index contributed by atoms with van der Waals surface area (Å²) in [4.78, 5) is 5.03. The van der Waals surface area contributed by atoms with E-state index >= 15 is 0 Å². The Hall–Kier alpha value is -3.71. The van der Waals surface area contributed by atoms with Gasteiger partial charge in [0.2, 0.25) is 0 Å². The molecule has 6 nitrogen and oxygen atoms in total. The summed E-state index contributed by atoms with van der Waals surface area (Å²) in [6, 6.07) is 20.5. The minimum atomic E-state index is -0.0343. The lowest BCUT2D eigenvalue weighted by Gasteiger charge is -2.41. The summed E-state index contributed by atoms with van der Waals surface area (Å²) >= 11 is 0. The Morgan fingerprint density at radius 3 is 1.40 bits per heavy atom. The number of aromatic hydroxyl groups is 4. The SMILES string of the molecule is CCN1CCc2cccc3c2[C@H]1Cc1ccc(O)c(O)c1-3.CCN1CCc2cccc3c2[C@H]1Cc1ccc(O)c(O)c1-3.Cl. The average molecular weight is 599 g/mol. The van der Waals surface area contributed by atoms with Crippen LogP contribution >= 0.6 is 12.4 Å². The Morgan fingerprint density at radius 1 is 0.581 bits per heavy atom. The molecule has 2 aliphatic carbocycles. The number of phenols is 4. The van der Waals surface area contributed by atoms with Crippen LogP contribution in [-0.4, -0.2) is 56.4 Å². The number of benzene rings is 4. The third-order valence-electron chi connectivity index (χ3n) is 9.94. The van der Waals surface area contributed by atoms with Gasteiger partial charge in [-0.05, 0) is 95.4 Å². The fraction of sp³-hybridized carbons (Fsp3) is 0.333. The molecule has 43 heavy (non-hydrogen) atoms. The van der Waals surface area contributed by atoms with Crippen LogP contribution in [-0.2, 0) is 25.7 Å². The molecule has 4 aromatic carbocycles. The van der Waals surface area contributed by atoms with E-state index in [1.54, 1.807) is 12.1 Å². The van der Waals surface area contributed by atoms with Crippen LogP contribution in [0.4, 0.5) is 0 Å². The molecule has 0 bridgehead atoms. The largest absolute Gasteiger partial charge is 0.504 e. The molecule has 4 N–H and O–H groups in total. The normalized spacial score (nSPS) is 19.5.